The lowest BCUT2D eigenvalue weighted by atomic mass is 10.1. The van der Waals surface area contributed by atoms with Crippen molar-refractivity contribution in [3.05, 3.63) is 53.3 Å². The molecule has 3 heterocycles. The first-order chi connectivity index (χ1) is 15.9. The number of fused-ring (bicyclic) bond motifs is 1. The van der Waals surface area contributed by atoms with Gasteiger partial charge in [0.1, 0.15) is 18.4 Å². The Labute approximate surface area is 188 Å². The molecule has 170 valence electrons. The van der Waals surface area contributed by atoms with Crippen LogP contribution in [0.3, 0.4) is 0 Å². The van der Waals surface area contributed by atoms with Crippen LogP contribution in [0.25, 0.3) is 12.2 Å². The van der Waals surface area contributed by atoms with Crippen molar-refractivity contribution < 1.29 is 23.1 Å². The van der Waals surface area contributed by atoms with Gasteiger partial charge in [0.25, 0.3) is 11.8 Å². The van der Waals surface area contributed by atoms with Crippen molar-refractivity contribution in [3.63, 3.8) is 0 Å². The van der Waals surface area contributed by atoms with E-state index in [1.165, 1.54) is 18.5 Å². The Bertz CT molecular complexity index is 1150. The van der Waals surface area contributed by atoms with Crippen LogP contribution in [0.2, 0.25) is 0 Å². The molecule has 1 fully saturated rings. The standard InChI is InChI=1S/C23H21F2N5O3/c24-23(25)10-17(11-26)30(14-23)21(31)13-29-22(32)18-5-6-27-12-16(18)3-1-15-2-4-19-20(9-15)33-8-7-28-19/h1-6,9,12,17,28H,7-8,10,13-14H2,(H,29,32)/b3-1+/t17-/m0/s1. The number of carbonyl (C=O) groups excluding carboxylic acids is 2. The van der Waals surface area contributed by atoms with E-state index in [-0.39, 0.29) is 5.56 Å². The third kappa shape index (κ3) is 5.09. The normalized spacial score (nSPS) is 18.7. The summed E-state index contributed by atoms with van der Waals surface area (Å²) in [4.78, 5) is 29.9. The molecular weight excluding hydrogens is 432 g/mol. The van der Waals surface area contributed by atoms with Crippen LogP contribution < -0.4 is 15.4 Å². The molecule has 1 aromatic heterocycles. The molecule has 1 atom stereocenters. The lowest BCUT2D eigenvalue weighted by Crippen LogP contribution is -2.43. The largest absolute Gasteiger partial charge is 0.490 e. The predicted molar refractivity (Wildman–Crippen MR) is 117 cm³/mol. The van der Waals surface area contributed by atoms with Crippen molar-refractivity contribution in [3.8, 4) is 11.8 Å². The van der Waals surface area contributed by atoms with Crippen LogP contribution in [-0.2, 0) is 4.79 Å². The van der Waals surface area contributed by atoms with Crippen LogP contribution >= 0.6 is 0 Å². The maximum atomic E-state index is 13.6. The third-order valence-corrected chi connectivity index (χ3v) is 5.37. The Morgan fingerprint density at radius 2 is 2.21 bits per heavy atom. The molecule has 1 saturated heterocycles. The fraction of sp³-hybridized carbons (Fsp3) is 0.304. The van der Waals surface area contributed by atoms with Crippen molar-refractivity contribution in [2.75, 3.05) is 31.6 Å². The van der Waals surface area contributed by atoms with Gasteiger partial charge in [0.15, 0.2) is 0 Å². The second kappa shape index (κ2) is 9.24. The number of aromatic nitrogens is 1. The first-order valence-electron chi connectivity index (χ1n) is 10.3. The molecule has 33 heavy (non-hydrogen) atoms. The van der Waals surface area contributed by atoms with E-state index in [0.29, 0.717) is 12.2 Å². The SMILES string of the molecule is N#C[C@@H]1CC(F)(F)CN1C(=O)CNC(=O)c1ccncc1/C=C/c1ccc2c(c1)OCCN2. The Morgan fingerprint density at radius 1 is 1.36 bits per heavy atom. The Hall–Kier alpha value is -4.00. The van der Waals surface area contributed by atoms with Crippen molar-refractivity contribution in [1.29, 1.82) is 5.26 Å². The predicted octanol–water partition coefficient (Wildman–Crippen LogP) is 2.55. The number of nitriles is 1. The van der Waals surface area contributed by atoms with Crippen LogP contribution in [0.5, 0.6) is 5.75 Å². The third-order valence-electron chi connectivity index (χ3n) is 5.37. The lowest BCUT2D eigenvalue weighted by Gasteiger charge is -2.19. The molecule has 2 amide bonds. The number of likely N-dealkylation sites (tertiary alicyclic amines) is 1. The molecule has 0 aliphatic carbocycles. The smallest absolute Gasteiger partial charge is 0.268 e. The van der Waals surface area contributed by atoms with Gasteiger partial charge in [-0.3, -0.25) is 14.6 Å². The van der Waals surface area contributed by atoms with Gasteiger partial charge in [0, 0.05) is 36.5 Å². The van der Waals surface area contributed by atoms with Crippen LogP contribution in [0.15, 0.2) is 36.7 Å². The molecule has 8 nitrogen and oxygen atoms in total. The van der Waals surface area contributed by atoms with E-state index in [0.717, 1.165) is 28.4 Å². The molecule has 0 saturated carbocycles. The summed E-state index contributed by atoms with van der Waals surface area (Å²) >= 11 is 0. The molecule has 10 heteroatoms. The summed E-state index contributed by atoms with van der Waals surface area (Å²) in [6.45, 7) is 0.00309. The monoisotopic (exact) mass is 453 g/mol. The van der Waals surface area contributed by atoms with Crippen LogP contribution in [0.4, 0.5) is 14.5 Å². The summed E-state index contributed by atoms with van der Waals surface area (Å²) < 4.78 is 32.8. The molecule has 2 aromatic rings. The second-order valence-electron chi connectivity index (χ2n) is 7.74. The van der Waals surface area contributed by atoms with Crippen molar-refractivity contribution in [2.45, 2.75) is 18.4 Å². The number of nitrogens with zero attached hydrogens (tertiary/aromatic N) is 3. The van der Waals surface area contributed by atoms with Gasteiger partial charge < -0.3 is 20.3 Å². The number of nitrogens with one attached hydrogen (secondary N) is 2. The summed E-state index contributed by atoms with van der Waals surface area (Å²) in [6.07, 6.45) is 5.78. The summed E-state index contributed by atoms with van der Waals surface area (Å²) in [5.74, 6) is -3.65. The number of hydrogen-bond donors (Lipinski definition) is 2. The van der Waals surface area contributed by atoms with E-state index < -0.39 is 43.3 Å². The molecule has 4 rings (SSSR count). The van der Waals surface area contributed by atoms with Crippen molar-refractivity contribution in [2.24, 2.45) is 0 Å². The van der Waals surface area contributed by atoms with Gasteiger partial charge in [0.05, 0.1) is 24.8 Å². The number of halogens is 2. The average Bonchev–Trinajstić information content (AvgIpc) is 3.15. The number of anilines is 1. The second-order valence-corrected chi connectivity index (χ2v) is 7.74. The molecule has 1 aromatic carbocycles. The van der Waals surface area contributed by atoms with Crippen LogP contribution in [0.1, 0.15) is 27.9 Å². The van der Waals surface area contributed by atoms with E-state index in [1.54, 1.807) is 18.2 Å². The maximum absolute atomic E-state index is 13.6. The van der Waals surface area contributed by atoms with E-state index in [1.807, 2.05) is 18.2 Å². The minimum atomic E-state index is -3.11. The zero-order valence-corrected chi connectivity index (χ0v) is 17.6. The van der Waals surface area contributed by atoms with E-state index >= 15 is 0 Å². The Morgan fingerprint density at radius 3 is 3.03 bits per heavy atom. The number of rotatable bonds is 5. The number of carbonyl (C=O) groups is 2. The summed E-state index contributed by atoms with van der Waals surface area (Å²) in [7, 11) is 0. The Balaban J connectivity index is 1.43. The first kappa shape index (κ1) is 22.2. The lowest BCUT2D eigenvalue weighted by molar-refractivity contribution is -0.131. The van der Waals surface area contributed by atoms with E-state index in [2.05, 4.69) is 15.6 Å². The molecule has 2 aliphatic heterocycles. The topological polar surface area (TPSA) is 107 Å². The zero-order chi connectivity index (χ0) is 23.4. The number of benzene rings is 1. The molecule has 0 unspecified atom stereocenters. The number of ether oxygens (including phenoxy) is 1. The summed E-state index contributed by atoms with van der Waals surface area (Å²) in [5.41, 5.74) is 2.56. The van der Waals surface area contributed by atoms with Gasteiger partial charge in [-0.25, -0.2) is 8.78 Å². The van der Waals surface area contributed by atoms with E-state index in [4.69, 9.17) is 10.00 Å². The van der Waals surface area contributed by atoms with Gasteiger partial charge in [0.2, 0.25) is 5.91 Å². The summed E-state index contributed by atoms with van der Waals surface area (Å²) in [5, 5.41) is 14.7. The van der Waals surface area contributed by atoms with Gasteiger partial charge in [-0.2, -0.15) is 5.26 Å². The molecule has 2 aliphatic rings. The van der Waals surface area contributed by atoms with Crippen LogP contribution in [-0.4, -0.2) is 59.9 Å². The molecular formula is C23H21F2N5O3. The number of amides is 2. The molecule has 0 radical (unpaired) electrons. The number of alkyl halides is 2. The highest BCUT2D eigenvalue weighted by Gasteiger charge is 2.47. The number of hydrogen-bond acceptors (Lipinski definition) is 6. The number of pyridine rings is 1. The minimum Gasteiger partial charge on any atom is -0.490 e. The molecule has 2 N–H and O–H groups in total. The zero-order valence-electron chi connectivity index (χ0n) is 17.6. The Kier molecular flexibility index (Phi) is 6.22. The van der Waals surface area contributed by atoms with Crippen LogP contribution in [0, 0.1) is 11.3 Å². The highest BCUT2D eigenvalue weighted by atomic mass is 19.3. The minimum absolute atomic E-state index is 0.272. The van der Waals surface area contributed by atoms with Gasteiger partial charge in [-0.05, 0) is 23.8 Å². The highest BCUT2D eigenvalue weighted by molar-refractivity contribution is 6.00. The van der Waals surface area contributed by atoms with Crippen molar-refractivity contribution >= 4 is 29.7 Å². The summed E-state index contributed by atoms with van der Waals surface area (Å²) in [6, 6.07) is 7.70. The quantitative estimate of drug-likeness (QED) is 0.721. The first-order valence-corrected chi connectivity index (χ1v) is 10.3. The average molecular weight is 453 g/mol. The fourth-order valence-corrected chi connectivity index (χ4v) is 3.73. The van der Waals surface area contributed by atoms with Crippen molar-refractivity contribution in [1.82, 2.24) is 15.2 Å². The molecule has 0 spiro atoms. The van der Waals surface area contributed by atoms with Gasteiger partial charge >= 0.3 is 0 Å². The molecule has 0 bridgehead atoms. The highest BCUT2D eigenvalue weighted by Crippen LogP contribution is 2.31. The van der Waals surface area contributed by atoms with Gasteiger partial charge in [-0.15, -0.1) is 0 Å². The fourth-order valence-electron chi connectivity index (χ4n) is 3.73. The van der Waals surface area contributed by atoms with Gasteiger partial charge in [-0.1, -0.05) is 18.2 Å². The van der Waals surface area contributed by atoms with E-state index in [9.17, 15) is 18.4 Å². The maximum Gasteiger partial charge on any atom is 0.268 e.